The first kappa shape index (κ1) is 15.3. The number of aliphatic carboxylic acids is 1. The Morgan fingerprint density at radius 1 is 1.38 bits per heavy atom. The van der Waals surface area contributed by atoms with Gasteiger partial charge in [0, 0.05) is 6.54 Å². The third kappa shape index (κ3) is 3.00. The molecule has 6 heteroatoms. The first-order valence-corrected chi connectivity index (χ1v) is 6.86. The molecule has 1 fully saturated rings. The van der Waals surface area contributed by atoms with E-state index in [9.17, 15) is 19.8 Å². The zero-order valence-electron chi connectivity index (χ0n) is 12.1. The molecule has 0 aromatic heterocycles. The van der Waals surface area contributed by atoms with Crippen LogP contribution in [0.4, 0.5) is 0 Å². The number of amides is 1. The molecule has 0 aliphatic carbocycles. The minimum absolute atomic E-state index is 0.0933. The zero-order chi connectivity index (χ0) is 15.6. The van der Waals surface area contributed by atoms with Crippen molar-refractivity contribution in [2.75, 3.05) is 19.8 Å². The topological polar surface area (TPSA) is 87.1 Å². The first-order chi connectivity index (χ1) is 9.95. The van der Waals surface area contributed by atoms with Crippen molar-refractivity contribution in [3.05, 3.63) is 29.3 Å². The number of carbonyl (C=O) groups is 2. The number of phenols is 1. The molecule has 2 N–H and O–H groups in total. The van der Waals surface area contributed by atoms with Crippen LogP contribution in [0.15, 0.2) is 18.2 Å². The minimum atomic E-state index is -0.975. The molecule has 1 heterocycles. The zero-order valence-corrected chi connectivity index (χ0v) is 12.1. The standard InChI is InChI=1S/C15H19NO5/c1-3-16(12-8-21-7-11(12)15(19)20)14(18)10-5-4-9(2)6-13(10)17/h4-6,11-12,17H,3,7-8H2,1-2H3,(H,19,20). The molecule has 1 amide bonds. The molecule has 2 unspecified atom stereocenters. The summed E-state index contributed by atoms with van der Waals surface area (Å²) in [6, 6.07) is 4.30. The van der Waals surface area contributed by atoms with Crippen molar-refractivity contribution < 1.29 is 24.5 Å². The lowest BCUT2D eigenvalue weighted by molar-refractivity contribution is -0.142. The third-order valence-electron chi connectivity index (χ3n) is 3.75. The van der Waals surface area contributed by atoms with Gasteiger partial charge in [0.1, 0.15) is 11.7 Å². The molecule has 1 aromatic carbocycles. The third-order valence-corrected chi connectivity index (χ3v) is 3.75. The number of hydrogen-bond acceptors (Lipinski definition) is 4. The summed E-state index contributed by atoms with van der Waals surface area (Å²) in [7, 11) is 0. The molecule has 0 saturated carbocycles. The number of carboxylic acid groups (broad SMARTS) is 1. The van der Waals surface area contributed by atoms with Crippen LogP contribution in [0.1, 0.15) is 22.8 Å². The van der Waals surface area contributed by atoms with Crippen molar-refractivity contribution in [3.63, 3.8) is 0 Å². The molecule has 2 atom stereocenters. The lowest BCUT2D eigenvalue weighted by atomic mass is 10.0. The Labute approximate surface area is 122 Å². The number of carbonyl (C=O) groups excluding carboxylic acids is 1. The van der Waals surface area contributed by atoms with E-state index in [1.54, 1.807) is 19.1 Å². The van der Waals surface area contributed by atoms with Crippen LogP contribution in [0.25, 0.3) is 0 Å². The van der Waals surface area contributed by atoms with Gasteiger partial charge < -0.3 is 19.8 Å². The van der Waals surface area contributed by atoms with Crippen LogP contribution in [0.3, 0.4) is 0 Å². The molecule has 0 bridgehead atoms. The normalized spacial score (nSPS) is 21.2. The largest absolute Gasteiger partial charge is 0.507 e. The molecule has 1 aliphatic heterocycles. The maximum atomic E-state index is 12.6. The first-order valence-electron chi connectivity index (χ1n) is 6.86. The summed E-state index contributed by atoms with van der Waals surface area (Å²) in [5.74, 6) is -2.18. The molecule has 21 heavy (non-hydrogen) atoms. The summed E-state index contributed by atoms with van der Waals surface area (Å²) >= 11 is 0. The fourth-order valence-corrected chi connectivity index (χ4v) is 2.59. The number of ether oxygens (including phenoxy) is 1. The van der Waals surface area contributed by atoms with Crippen LogP contribution in [0.2, 0.25) is 0 Å². The molecule has 6 nitrogen and oxygen atoms in total. The summed E-state index contributed by atoms with van der Waals surface area (Å²) in [5, 5.41) is 19.1. The highest BCUT2D eigenvalue weighted by Gasteiger charge is 2.40. The predicted octanol–water partition coefficient (Wildman–Crippen LogP) is 1.26. The minimum Gasteiger partial charge on any atom is -0.507 e. The summed E-state index contributed by atoms with van der Waals surface area (Å²) in [5.41, 5.74) is 1.03. The van der Waals surface area contributed by atoms with E-state index in [4.69, 9.17) is 4.74 Å². The molecular formula is C15H19NO5. The summed E-state index contributed by atoms with van der Waals surface area (Å²) in [6.07, 6.45) is 0. The van der Waals surface area contributed by atoms with Crippen molar-refractivity contribution in [2.24, 2.45) is 5.92 Å². The summed E-state index contributed by atoms with van der Waals surface area (Å²) in [6.45, 7) is 4.24. The van der Waals surface area contributed by atoms with E-state index in [0.29, 0.717) is 6.54 Å². The number of carboxylic acids is 1. The van der Waals surface area contributed by atoms with Crippen molar-refractivity contribution in [1.82, 2.24) is 4.90 Å². The molecule has 0 radical (unpaired) electrons. The Hall–Kier alpha value is -2.08. The highest BCUT2D eigenvalue weighted by Crippen LogP contribution is 2.25. The fourth-order valence-electron chi connectivity index (χ4n) is 2.59. The molecule has 1 saturated heterocycles. The predicted molar refractivity (Wildman–Crippen MR) is 75.3 cm³/mol. The van der Waals surface area contributed by atoms with Crippen LogP contribution in [-0.4, -0.2) is 52.8 Å². The molecule has 1 aromatic rings. The Kier molecular flexibility index (Phi) is 4.47. The number of likely N-dealkylation sites (N-methyl/N-ethyl adjacent to an activating group) is 1. The Morgan fingerprint density at radius 3 is 2.67 bits per heavy atom. The number of hydrogen-bond donors (Lipinski definition) is 2. The van der Waals surface area contributed by atoms with E-state index in [1.165, 1.54) is 11.0 Å². The molecule has 1 aliphatic rings. The van der Waals surface area contributed by atoms with Crippen LogP contribution in [-0.2, 0) is 9.53 Å². The quantitative estimate of drug-likeness (QED) is 0.872. The summed E-state index contributed by atoms with van der Waals surface area (Å²) in [4.78, 5) is 25.3. The highest BCUT2D eigenvalue weighted by molar-refractivity contribution is 5.97. The smallest absolute Gasteiger partial charge is 0.311 e. The monoisotopic (exact) mass is 293 g/mol. The van der Waals surface area contributed by atoms with Crippen molar-refractivity contribution in [3.8, 4) is 5.75 Å². The van der Waals surface area contributed by atoms with Crippen LogP contribution >= 0.6 is 0 Å². The van der Waals surface area contributed by atoms with Crippen LogP contribution < -0.4 is 0 Å². The van der Waals surface area contributed by atoms with Crippen LogP contribution in [0.5, 0.6) is 5.75 Å². The number of aryl methyl sites for hydroxylation is 1. The van der Waals surface area contributed by atoms with E-state index >= 15 is 0 Å². The van der Waals surface area contributed by atoms with Gasteiger partial charge in [0.05, 0.1) is 24.8 Å². The molecular weight excluding hydrogens is 274 g/mol. The second-order valence-corrected chi connectivity index (χ2v) is 5.16. The van der Waals surface area contributed by atoms with Crippen molar-refractivity contribution >= 4 is 11.9 Å². The maximum absolute atomic E-state index is 12.6. The average Bonchev–Trinajstić information content (AvgIpc) is 2.88. The van der Waals surface area contributed by atoms with Gasteiger partial charge in [0.2, 0.25) is 0 Å². The van der Waals surface area contributed by atoms with E-state index < -0.39 is 17.9 Å². The van der Waals surface area contributed by atoms with Gasteiger partial charge in [0.15, 0.2) is 0 Å². The second-order valence-electron chi connectivity index (χ2n) is 5.16. The second kappa shape index (κ2) is 6.13. The number of rotatable bonds is 4. The van der Waals surface area contributed by atoms with Gasteiger partial charge in [-0.05, 0) is 31.5 Å². The average molecular weight is 293 g/mol. The van der Waals surface area contributed by atoms with E-state index in [1.807, 2.05) is 6.92 Å². The molecule has 0 spiro atoms. The number of benzene rings is 1. The summed E-state index contributed by atoms with van der Waals surface area (Å²) < 4.78 is 5.21. The van der Waals surface area contributed by atoms with E-state index in [-0.39, 0.29) is 30.4 Å². The van der Waals surface area contributed by atoms with Crippen molar-refractivity contribution in [1.29, 1.82) is 0 Å². The number of phenolic OH excluding ortho intramolecular Hbond substituents is 1. The Morgan fingerprint density at radius 2 is 2.10 bits per heavy atom. The maximum Gasteiger partial charge on any atom is 0.311 e. The van der Waals surface area contributed by atoms with Gasteiger partial charge in [-0.15, -0.1) is 0 Å². The molecule has 2 rings (SSSR count). The lowest BCUT2D eigenvalue weighted by Crippen LogP contribution is -2.46. The Balaban J connectivity index is 2.28. The van der Waals surface area contributed by atoms with Gasteiger partial charge in [-0.25, -0.2) is 0 Å². The van der Waals surface area contributed by atoms with Gasteiger partial charge >= 0.3 is 5.97 Å². The van der Waals surface area contributed by atoms with Gasteiger partial charge in [0.25, 0.3) is 5.91 Å². The van der Waals surface area contributed by atoms with Gasteiger partial charge in [-0.2, -0.15) is 0 Å². The van der Waals surface area contributed by atoms with E-state index in [2.05, 4.69) is 0 Å². The lowest BCUT2D eigenvalue weighted by Gasteiger charge is -2.29. The number of nitrogens with zero attached hydrogens (tertiary/aromatic N) is 1. The van der Waals surface area contributed by atoms with Crippen LogP contribution in [0, 0.1) is 12.8 Å². The van der Waals surface area contributed by atoms with Gasteiger partial charge in [-0.1, -0.05) is 6.07 Å². The van der Waals surface area contributed by atoms with Gasteiger partial charge in [-0.3, -0.25) is 9.59 Å². The molecule has 114 valence electrons. The highest BCUT2D eigenvalue weighted by atomic mass is 16.5. The van der Waals surface area contributed by atoms with Crippen molar-refractivity contribution in [2.45, 2.75) is 19.9 Å². The SMILES string of the molecule is CCN(C(=O)c1ccc(C)cc1O)C1COCC1C(=O)O. The van der Waals surface area contributed by atoms with E-state index in [0.717, 1.165) is 5.56 Å². The number of aromatic hydroxyl groups is 1. The Bertz CT molecular complexity index is 557. The fraction of sp³-hybridized carbons (Fsp3) is 0.467.